The maximum Gasteiger partial charge on any atom is 0.129 e. The van der Waals surface area contributed by atoms with Gasteiger partial charge < -0.3 is 4.74 Å². The monoisotopic (exact) mass is 339 g/mol. The van der Waals surface area contributed by atoms with Crippen molar-refractivity contribution < 1.29 is 4.74 Å². The number of aromatic nitrogens is 1. The van der Waals surface area contributed by atoms with Crippen molar-refractivity contribution in [3.63, 3.8) is 0 Å². The molecule has 3 rings (SSSR count). The van der Waals surface area contributed by atoms with Crippen LogP contribution in [0.5, 0.6) is 5.75 Å². The molecule has 2 aromatic carbocycles. The smallest absolute Gasteiger partial charge is 0.129 e. The van der Waals surface area contributed by atoms with Gasteiger partial charge in [-0.25, -0.2) is 4.98 Å². The lowest BCUT2D eigenvalue weighted by molar-refractivity contribution is 0.307. The van der Waals surface area contributed by atoms with Gasteiger partial charge in [-0.15, -0.1) is 0 Å². The molecule has 0 saturated carbocycles. The molecule has 21 heavy (non-hydrogen) atoms. The molecule has 3 aromatic rings. The highest BCUT2D eigenvalue weighted by Gasteiger charge is 2.07. The van der Waals surface area contributed by atoms with Gasteiger partial charge in [-0.3, -0.25) is 0 Å². The summed E-state index contributed by atoms with van der Waals surface area (Å²) in [6, 6.07) is 24.0. The van der Waals surface area contributed by atoms with Gasteiger partial charge in [0, 0.05) is 5.56 Å². The van der Waals surface area contributed by atoms with Crippen molar-refractivity contribution in [2.24, 2.45) is 0 Å². The zero-order chi connectivity index (χ0) is 14.5. The molecule has 0 aliphatic carbocycles. The first-order valence-corrected chi connectivity index (χ1v) is 7.51. The summed E-state index contributed by atoms with van der Waals surface area (Å²) in [6.07, 6.45) is 0. The molecule has 3 heteroatoms. The van der Waals surface area contributed by atoms with Gasteiger partial charge in [0.25, 0.3) is 0 Å². The van der Waals surface area contributed by atoms with Crippen LogP contribution in [0.1, 0.15) is 5.56 Å². The molecule has 0 bridgehead atoms. The lowest BCUT2D eigenvalue weighted by Crippen LogP contribution is -1.97. The molecule has 2 nitrogen and oxygen atoms in total. The lowest BCUT2D eigenvalue weighted by Gasteiger charge is -2.11. The fourth-order valence-corrected chi connectivity index (χ4v) is 2.44. The third kappa shape index (κ3) is 3.50. The summed E-state index contributed by atoms with van der Waals surface area (Å²) in [6.45, 7) is 0.547. The minimum absolute atomic E-state index is 0.547. The van der Waals surface area contributed by atoms with Gasteiger partial charge >= 0.3 is 0 Å². The Balaban J connectivity index is 1.86. The average Bonchev–Trinajstić information content (AvgIpc) is 2.54. The van der Waals surface area contributed by atoms with Gasteiger partial charge in [0.15, 0.2) is 0 Å². The Bertz CT molecular complexity index is 728. The molecular formula is C18H14BrNO. The fraction of sp³-hybridized carbons (Fsp3) is 0.0556. The number of nitrogens with zero attached hydrogens (tertiary/aromatic N) is 1. The van der Waals surface area contributed by atoms with E-state index in [1.54, 1.807) is 0 Å². The van der Waals surface area contributed by atoms with Crippen LogP contribution in [0.3, 0.4) is 0 Å². The van der Waals surface area contributed by atoms with E-state index in [4.69, 9.17) is 4.74 Å². The second-order valence-corrected chi connectivity index (χ2v) is 5.43. The third-order valence-corrected chi connectivity index (χ3v) is 3.56. The zero-order valence-corrected chi connectivity index (χ0v) is 13.0. The third-order valence-electron chi connectivity index (χ3n) is 3.12. The van der Waals surface area contributed by atoms with Crippen LogP contribution in [0, 0.1) is 0 Å². The molecule has 0 N–H and O–H groups in total. The molecule has 0 atom stereocenters. The van der Waals surface area contributed by atoms with Gasteiger partial charge in [-0.05, 0) is 45.8 Å². The van der Waals surface area contributed by atoms with E-state index in [2.05, 4.69) is 33.0 Å². The summed E-state index contributed by atoms with van der Waals surface area (Å²) in [5, 5.41) is 0. The number of pyridine rings is 1. The second-order valence-electron chi connectivity index (χ2n) is 4.62. The Labute approximate surface area is 132 Å². The maximum atomic E-state index is 5.96. The Morgan fingerprint density at radius 3 is 2.38 bits per heavy atom. The minimum atomic E-state index is 0.547. The summed E-state index contributed by atoms with van der Waals surface area (Å²) in [5.74, 6) is 0.840. The van der Waals surface area contributed by atoms with Crippen LogP contribution in [-0.4, -0.2) is 4.98 Å². The van der Waals surface area contributed by atoms with E-state index in [0.29, 0.717) is 6.61 Å². The molecule has 0 spiro atoms. The highest BCUT2D eigenvalue weighted by Crippen LogP contribution is 2.29. The van der Waals surface area contributed by atoms with Crippen LogP contribution in [0.25, 0.3) is 11.3 Å². The van der Waals surface area contributed by atoms with Gasteiger partial charge in [0.2, 0.25) is 0 Å². The number of halogens is 1. The van der Waals surface area contributed by atoms with Crippen LogP contribution >= 0.6 is 15.9 Å². The first-order chi connectivity index (χ1) is 10.3. The van der Waals surface area contributed by atoms with Crippen LogP contribution in [-0.2, 0) is 6.61 Å². The standard InChI is InChI=1S/C18H14BrNO/c19-18-12-6-10-16(20-18)15-9-4-5-11-17(15)21-13-14-7-2-1-3-8-14/h1-12H,13H2. The lowest BCUT2D eigenvalue weighted by atomic mass is 10.1. The van der Waals surface area contributed by atoms with E-state index in [1.165, 1.54) is 0 Å². The molecule has 0 aliphatic heterocycles. The van der Waals surface area contributed by atoms with E-state index in [9.17, 15) is 0 Å². The Morgan fingerprint density at radius 2 is 1.57 bits per heavy atom. The summed E-state index contributed by atoms with van der Waals surface area (Å²) in [7, 11) is 0. The van der Waals surface area contributed by atoms with Gasteiger partial charge in [-0.2, -0.15) is 0 Å². The largest absolute Gasteiger partial charge is 0.488 e. The van der Waals surface area contributed by atoms with Crippen LogP contribution in [0.4, 0.5) is 0 Å². The van der Waals surface area contributed by atoms with E-state index in [-0.39, 0.29) is 0 Å². The van der Waals surface area contributed by atoms with Crippen molar-refractivity contribution in [1.82, 2.24) is 4.98 Å². The van der Waals surface area contributed by atoms with E-state index >= 15 is 0 Å². The van der Waals surface area contributed by atoms with Crippen molar-refractivity contribution in [3.05, 3.63) is 83.0 Å². The molecule has 1 heterocycles. The number of ether oxygens (including phenoxy) is 1. The topological polar surface area (TPSA) is 22.1 Å². The van der Waals surface area contributed by atoms with Crippen LogP contribution in [0.15, 0.2) is 77.4 Å². The maximum absolute atomic E-state index is 5.96. The molecule has 0 amide bonds. The Kier molecular flexibility index (Phi) is 4.31. The van der Waals surface area contributed by atoms with Gasteiger partial charge in [-0.1, -0.05) is 48.5 Å². The molecule has 0 unspecified atom stereocenters. The van der Waals surface area contributed by atoms with Crippen molar-refractivity contribution in [1.29, 1.82) is 0 Å². The Hall–Kier alpha value is -2.13. The summed E-state index contributed by atoms with van der Waals surface area (Å²) >= 11 is 3.41. The predicted octanol–water partition coefficient (Wildman–Crippen LogP) is 5.09. The molecular weight excluding hydrogens is 326 g/mol. The first-order valence-electron chi connectivity index (χ1n) is 6.71. The van der Waals surface area contributed by atoms with Crippen molar-refractivity contribution >= 4 is 15.9 Å². The quantitative estimate of drug-likeness (QED) is 0.617. The zero-order valence-electron chi connectivity index (χ0n) is 11.4. The minimum Gasteiger partial charge on any atom is -0.488 e. The number of hydrogen-bond acceptors (Lipinski definition) is 2. The Morgan fingerprint density at radius 1 is 0.810 bits per heavy atom. The molecule has 104 valence electrons. The summed E-state index contributed by atoms with van der Waals surface area (Å²) in [5.41, 5.74) is 3.04. The van der Waals surface area contributed by atoms with Crippen LogP contribution in [0.2, 0.25) is 0 Å². The van der Waals surface area contributed by atoms with Crippen molar-refractivity contribution in [3.8, 4) is 17.0 Å². The highest BCUT2D eigenvalue weighted by molar-refractivity contribution is 9.10. The number of rotatable bonds is 4. The first kappa shape index (κ1) is 13.8. The fourth-order valence-electron chi connectivity index (χ4n) is 2.10. The van der Waals surface area contributed by atoms with Crippen molar-refractivity contribution in [2.45, 2.75) is 6.61 Å². The summed E-state index contributed by atoms with van der Waals surface area (Å²) < 4.78 is 6.78. The number of hydrogen-bond donors (Lipinski definition) is 0. The molecule has 1 aromatic heterocycles. The molecule has 0 fully saturated rings. The molecule has 0 radical (unpaired) electrons. The van der Waals surface area contributed by atoms with E-state index in [1.807, 2.05) is 60.7 Å². The van der Waals surface area contributed by atoms with Crippen molar-refractivity contribution in [2.75, 3.05) is 0 Å². The van der Waals surface area contributed by atoms with E-state index < -0.39 is 0 Å². The van der Waals surface area contributed by atoms with E-state index in [0.717, 1.165) is 27.2 Å². The average molecular weight is 340 g/mol. The van der Waals surface area contributed by atoms with Gasteiger partial charge in [0.05, 0.1) is 5.69 Å². The number of para-hydroxylation sites is 1. The van der Waals surface area contributed by atoms with Crippen LogP contribution < -0.4 is 4.74 Å². The number of benzene rings is 2. The second kappa shape index (κ2) is 6.55. The molecule has 0 aliphatic rings. The summed E-state index contributed by atoms with van der Waals surface area (Å²) in [4.78, 5) is 4.50. The normalized spacial score (nSPS) is 10.3. The SMILES string of the molecule is Brc1cccc(-c2ccccc2OCc2ccccc2)n1. The highest BCUT2D eigenvalue weighted by atomic mass is 79.9. The van der Waals surface area contributed by atoms with Gasteiger partial charge in [0.1, 0.15) is 17.0 Å². The molecule has 0 saturated heterocycles. The predicted molar refractivity (Wildman–Crippen MR) is 88.1 cm³/mol.